The SMILES string of the molecule is O=C1/C(=C\c2coc3ccccc3c2=O)SC(=S)N1c1cccc(Cl)c1. The lowest BCUT2D eigenvalue weighted by molar-refractivity contribution is -0.113. The number of carbonyl (C=O) groups excluding carboxylic acids is 1. The van der Waals surface area contributed by atoms with E-state index in [1.165, 1.54) is 17.2 Å². The van der Waals surface area contributed by atoms with Crippen LogP contribution in [0.5, 0.6) is 0 Å². The van der Waals surface area contributed by atoms with E-state index in [2.05, 4.69) is 0 Å². The zero-order valence-electron chi connectivity index (χ0n) is 13.1. The van der Waals surface area contributed by atoms with Crippen LogP contribution in [-0.4, -0.2) is 10.2 Å². The fraction of sp³-hybridized carbons (Fsp3) is 0. The van der Waals surface area contributed by atoms with E-state index < -0.39 is 0 Å². The van der Waals surface area contributed by atoms with E-state index in [0.29, 0.717) is 36.5 Å². The molecular formula is C19H10ClNO3S2. The molecule has 0 saturated carbocycles. The highest BCUT2D eigenvalue weighted by molar-refractivity contribution is 8.27. The van der Waals surface area contributed by atoms with Gasteiger partial charge in [0.1, 0.15) is 11.8 Å². The van der Waals surface area contributed by atoms with E-state index in [1.807, 2.05) is 0 Å². The lowest BCUT2D eigenvalue weighted by atomic mass is 10.1. The number of para-hydroxylation sites is 1. The molecule has 7 heteroatoms. The number of halogens is 1. The molecule has 1 saturated heterocycles. The fourth-order valence-corrected chi connectivity index (χ4v) is 4.11. The van der Waals surface area contributed by atoms with Gasteiger partial charge in [0.15, 0.2) is 9.75 Å². The number of anilines is 1. The molecule has 128 valence electrons. The van der Waals surface area contributed by atoms with Gasteiger partial charge in [-0.1, -0.05) is 53.8 Å². The highest BCUT2D eigenvalue weighted by Gasteiger charge is 2.33. The van der Waals surface area contributed by atoms with Crippen molar-refractivity contribution in [1.82, 2.24) is 0 Å². The largest absolute Gasteiger partial charge is 0.463 e. The Hall–Kier alpha value is -2.41. The molecule has 4 rings (SSSR count). The maximum atomic E-state index is 12.8. The number of hydrogen-bond acceptors (Lipinski definition) is 5. The van der Waals surface area contributed by atoms with E-state index in [9.17, 15) is 9.59 Å². The van der Waals surface area contributed by atoms with Crippen LogP contribution in [0.1, 0.15) is 5.56 Å². The summed E-state index contributed by atoms with van der Waals surface area (Å²) >= 11 is 12.5. The summed E-state index contributed by atoms with van der Waals surface area (Å²) in [6, 6.07) is 13.9. The van der Waals surface area contributed by atoms with Crippen molar-refractivity contribution in [3.05, 3.63) is 80.5 Å². The van der Waals surface area contributed by atoms with Crippen LogP contribution in [0.25, 0.3) is 17.0 Å². The summed E-state index contributed by atoms with van der Waals surface area (Å²) < 4.78 is 5.88. The zero-order valence-corrected chi connectivity index (χ0v) is 15.5. The van der Waals surface area contributed by atoms with Crippen LogP contribution in [0.2, 0.25) is 5.02 Å². The predicted molar refractivity (Wildman–Crippen MR) is 110 cm³/mol. The molecule has 0 bridgehead atoms. The number of carbonyl (C=O) groups is 1. The van der Waals surface area contributed by atoms with Crippen LogP contribution in [0.3, 0.4) is 0 Å². The van der Waals surface area contributed by atoms with Crippen molar-refractivity contribution in [2.24, 2.45) is 0 Å². The van der Waals surface area contributed by atoms with Gasteiger partial charge in [-0.25, -0.2) is 0 Å². The van der Waals surface area contributed by atoms with Gasteiger partial charge in [0, 0.05) is 5.02 Å². The third-order valence-corrected chi connectivity index (χ3v) is 5.39. The molecule has 3 aromatic rings. The molecule has 1 amide bonds. The molecule has 1 aromatic heterocycles. The van der Waals surface area contributed by atoms with Crippen molar-refractivity contribution in [2.45, 2.75) is 0 Å². The van der Waals surface area contributed by atoms with E-state index in [1.54, 1.807) is 48.5 Å². The molecule has 1 aliphatic heterocycles. The van der Waals surface area contributed by atoms with Crippen LogP contribution >= 0.6 is 35.6 Å². The number of rotatable bonds is 2. The Balaban J connectivity index is 1.75. The normalized spacial score (nSPS) is 16.0. The summed E-state index contributed by atoms with van der Waals surface area (Å²) in [5, 5.41) is 0.974. The number of amides is 1. The summed E-state index contributed by atoms with van der Waals surface area (Å²) in [6.45, 7) is 0. The Kier molecular flexibility index (Phi) is 4.40. The zero-order chi connectivity index (χ0) is 18.3. The van der Waals surface area contributed by atoms with E-state index >= 15 is 0 Å². The summed E-state index contributed by atoms with van der Waals surface area (Å²) in [5.74, 6) is -0.296. The minimum atomic E-state index is -0.296. The molecular weight excluding hydrogens is 390 g/mol. The first-order chi connectivity index (χ1) is 12.5. The molecule has 0 aliphatic carbocycles. The Morgan fingerprint density at radius 2 is 1.92 bits per heavy atom. The molecule has 2 heterocycles. The second kappa shape index (κ2) is 6.72. The third kappa shape index (κ3) is 2.96. The first-order valence-electron chi connectivity index (χ1n) is 7.58. The molecule has 0 spiro atoms. The second-order valence-corrected chi connectivity index (χ2v) is 7.63. The first-order valence-corrected chi connectivity index (χ1v) is 9.19. The molecule has 1 aliphatic rings. The number of hydrogen-bond donors (Lipinski definition) is 0. The Labute approximate surface area is 163 Å². The first kappa shape index (κ1) is 17.0. The van der Waals surface area contributed by atoms with Gasteiger partial charge in [-0.3, -0.25) is 14.5 Å². The Morgan fingerprint density at radius 3 is 2.73 bits per heavy atom. The highest BCUT2D eigenvalue weighted by Crippen LogP contribution is 2.36. The van der Waals surface area contributed by atoms with E-state index in [-0.39, 0.29) is 11.3 Å². The molecule has 0 radical (unpaired) electrons. The van der Waals surface area contributed by atoms with Gasteiger partial charge in [0.05, 0.1) is 21.5 Å². The second-order valence-electron chi connectivity index (χ2n) is 5.51. The van der Waals surface area contributed by atoms with Crippen LogP contribution < -0.4 is 10.3 Å². The number of nitrogens with zero attached hydrogens (tertiary/aromatic N) is 1. The van der Waals surface area contributed by atoms with Gasteiger partial charge in [-0.05, 0) is 36.4 Å². The lowest BCUT2D eigenvalue weighted by Gasteiger charge is -2.14. The number of thiocarbonyl (C=S) groups is 1. The van der Waals surface area contributed by atoms with Gasteiger partial charge in [-0.15, -0.1) is 0 Å². The topological polar surface area (TPSA) is 50.5 Å². The fourth-order valence-electron chi connectivity index (χ4n) is 2.64. The summed E-state index contributed by atoms with van der Waals surface area (Å²) in [7, 11) is 0. The van der Waals surface area contributed by atoms with Crippen LogP contribution in [0.15, 0.2) is 68.9 Å². The Morgan fingerprint density at radius 1 is 1.12 bits per heavy atom. The summed E-state index contributed by atoms with van der Waals surface area (Å²) in [6.07, 6.45) is 2.87. The summed E-state index contributed by atoms with van der Waals surface area (Å²) in [5.41, 5.74) is 1.20. The molecule has 2 aromatic carbocycles. The number of benzene rings is 2. The van der Waals surface area contributed by atoms with Crippen molar-refractivity contribution in [2.75, 3.05) is 4.90 Å². The maximum absolute atomic E-state index is 12.8. The van der Waals surface area contributed by atoms with Crippen molar-refractivity contribution >= 4 is 68.5 Å². The minimum Gasteiger partial charge on any atom is -0.463 e. The van der Waals surface area contributed by atoms with Crippen molar-refractivity contribution in [1.29, 1.82) is 0 Å². The monoisotopic (exact) mass is 399 g/mol. The minimum absolute atomic E-state index is 0.195. The number of thioether (sulfide) groups is 1. The van der Waals surface area contributed by atoms with Crippen molar-refractivity contribution in [3.8, 4) is 0 Å². The van der Waals surface area contributed by atoms with Crippen LogP contribution in [-0.2, 0) is 4.79 Å². The third-order valence-electron chi connectivity index (χ3n) is 3.85. The molecule has 4 nitrogen and oxygen atoms in total. The quantitative estimate of drug-likeness (QED) is 0.455. The van der Waals surface area contributed by atoms with Crippen LogP contribution in [0, 0.1) is 0 Å². The average Bonchev–Trinajstić information content (AvgIpc) is 2.91. The van der Waals surface area contributed by atoms with Crippen molar-refractivity contribution < 1.29 is 9.21 Å². The van der Waals surface area contributed by atoms with Gasteiger partial charge >= 0.3 is 0 Å². The smallest absolute Gasteiger partial charge is 0.270 e. The van der Waals surface area contributed by atoms with E-state index in [4.69, 9.17) is 28.2 Å². The Bertz CT molecular complexity index is 1150. The molecule has 0 unspecified atom stereocenters. The van der Waals surface area contributed by atoms with E-state index in [0.717, 1.165) is 11.8 Å². The lowest BCUT2D eigenvalue weighted by Crippen LogP contribution is -2.27. The maximum Gasteiger partial charge on any atom is 0.270 e. The van der Waals surface area contributed by atoms with Crippen LogP contribution in [0.4, 0.5) is 5.69 Å². The van der Waals surface area contributed by atoms with Gasteiger partial charge in [-0.2, -0.15) is 0 Å². The molecule has 0 atom stereocenters. The summed E-state index contributed by atoms with van der Waals surface area (Å²) in [4.78, 5) is 27.2. The average molecular weight is 400 g/mol. The predicted octanol–water partition coefficient (Wildman–Crippen LogP) is 4.85. The highest BCUT2D eigenvalue weighted by atomic mass is 35.5. The molecule has 26 heavy (non-hydrogen) atoms. The van der Waals surface area contributed by atoms with Gasteiger partial charge in [0.25, 0.3) is 5.91 Å². The number of fused-ring (bicyclic) bond motifs is 1. The van der Waals surface area contributed by atoms with Gasteiger partial charge < -0.3 is 4.42 Å². The molecule has 0 N–H and O–H groups in total. The molecule has 1 fully saturated rings. The van der Waals surface area contributed by atoms with Gasteiger partial charge in [0.2, 0.25) is 0 Å². The standard InChI is InChI=1S/C19H10ClNO3S2/c20-12-4-3-5-13(9-12)21-18(23)16(26-19(21)25)8-11-10-24-15-7-2-1-6-14(15)17(11)22/h1-10H/b16-8+. The van der Waals surface area contributed by atoms with Crippen molar-refractivity contribution in [3.63, 3.8) is 0 Å².